The van der Waals surface area contributed by atoms with Crippen LogP contribution >= 0.6 is 0 Å². The number of carbonyl (C=O) groups is 1. The molecule has 0 aliphatic heterocycles. The molecule has 0 unspecified atom stereocenters. The molecule has 0 N–H and O–H groups in total. The predicted molar refractivity (Wildman–Crippen MR) is 77.3 cm³/mol. The second-order valence-corrected chi connectivity index (χ2v) is 4.98. The molecule has 3 rings (SSSR count). The van der Waals surface area contributed by atoms with Crippen molar-refractivity contribution in [3.8, 4) is 0 Å². The van der Waals surface area contributed by atoms with Crippen LogP contribution in [-0.4, -0.2) is 10.4 Å². The van der Waals surface area contributed by atoms with E-state index < -0.39 is 11.6 Å². The Bertz CT molecular complexity index is 836. The van der Waals surface area contributed by atoms with Crippen LogP contribution in [0.4, 0.5) is 8.78 Å². The lowest BCUT2D eigenvalue weighted by atomic mass is 10.0. The summed E-state index contributed by atoms with van der Waals surface area (Å²) < 4.78 is 28.7. The van der Waals surface area contributed by atoms with Gasteiger partial charge in [0, 0.05) is 36.1 Å². The topological polar surface area (TPSA) is 22.0 Å². The smallest absolute Gasteiger partial charge is 0.169 e. The second kappa shape index (κ2) is 5.13. The fourth-order valence-electron chi connectivity index (χ4n) is 2.52. The molecule has 0 amide bonds. The van der Waals surface area contributed by atoms with Crippen molar-refractivity contribution in [3.63, 3.8) is 0 Å². The fourth-order valence-corrected chi connectivity index (χ4v) is 2.52. The zero-order valence-corrected chi connectivity index (χ0v) is 11.4. The van der Waals surface area contributed by atoms with E-state index in [2.05, 4.69) is 0 Å². The molecule has 21 heavy (non-hydrogen) atoms. The first-order chi connectivity index (χ1) is 10.1. The van der Waals surface area contributed by atoms with E-state index in [0.29, 0.717) is 5.56 Å². The minimum Gasteiger partial charge on any atom is -0.350 e. The molecule has 0 aliphatic rings. The minimum absolute atomic E-state index is 0.0768. The third-order valence-electron chi connectivity index (χ3n) is 3.58. The molecule has 0 spiro atoms. The molecule has 0 saturated carbocycles. The van der Waals surface area contributed by atoms with E-state index in [9.17, 15) is 13.6 Å². The number of aryl methyl sites for hydroxylation is 1. The van der Waals surface area contributed by atoms with Crippen LogP contribution in [0.5, 0.6) is 0 Å². The summed E-state index contributed by atoms with van der Waals surface area (Å²) >= 11 is 0. The van der Waals surface area contributed by atoms with Crippen molar-refractivity contribution in [2.24, 2.45) is 7.05 Å². The number of nitrogens with zero attached hydrogens (tertiary/aromatic N) is 1. The Morgan fingerprint density at radius 3 is 2.67 bits per heavy atom. The van der Waals surface area contributed by atoms with Gasteiger partial charge in [0.1, 0.15) is 0 Å². The summed E-state index contributed by atoms with van der Waals surface area (Å²) in [5.74, 6) is -2.11. The van der Waals surface area contributed by atoms with Gasteiger partial charge < -0.3 is 4.57 Å². The van der Waals surface area contributed by atoms with Crippen molar-refractivity contribution in [1.29, 1.82) is 0 Å². The zero-order valence-electron chi connectivity index (χ0n) is 11.4. The van der Waals surface area contributed by atoms with Gasteiger partial charge in [-0.05, 0) is 17.7 Å². The number of Topliss-reactive ketones (excluding diaryl/α,β-unsaturated/α-hetero) is 1. The normalized spacial score (nSPS) is 11.0. The van der Waals surface area contributed by atoms with Crippen LogP contribution in [0.25, 0.3) is 10.9 Å². The van der Waals surface area contributed by atoms with Crippen molar-refractivity contribution in [1.82, 2.24) is 4.57 Å². The number of benzene rings is 2. The maximum atomic E-state index is 13.7. The van der Waals surface area contributed by atoms with Crippen LogP contribution in [0.2, 0.25) is 0 Å². The lowest BCUT2D eigenvalue weighted by Crippen LogP contribution is -2.05. The summed E-state index contributed by atoms with van der Waals surface area (Å²) in [7, 11) is 1.85. The average Bonchev–Trinajstić information content (AvgIpc) is 2.82. The number of ketones is 1. The van der Waals surface area contributed by atoms with Crippen molar-refractivity contribution < 1.29 is 13.6 Å². The highest BCUT2D eigenvalue weighted by Gasteiger charge is 2.17. The van der Waals surface area contributed by atoms with Crippen LogP contribution in [0.1, 0.15) is 15.9 Å². The molecule has 3 aromatic rings. The number of carbonyl (C=O) groups excluding carboxylic acids is 1. The molecule has 106 valence electrons. The molecular weight excluding hydrogens is 272 g/mol. The summed E-state index contributed by atoms with van der Waals surface area (Å²) in [6, 6.07) is 11.4. The SMILES string of the molecule is Cn1cc(C(=O)Cc2cccc(F)c2F)c2ccccc21. The van der Waals surface area contributed by atoms with Crippen molar-refractivity contribution in [2.75, 3.05) is 0 Å². The van der Waals surface area contributed by atoms with Gasteiger partial charge in [-0.2, -0.15) is 0 Å². The van der Waals surface area contributed by atoms with Crippen LogP contribution in [0.3, 0.4) is 0 Å². The van der Waals surface area contributed by atoms with Gasteiger partial charge in [0.2, 0.25) is 0 Å². The Morgan fingerprint density at radius 2 is 1.86 bits per heavy atom. The van der Waals surface area contributed by atoms with Gasteiger partial charge in [-0.1, -0.05) is 30.3 Å². The van der Waals surface area contributed by atoms with Gasteiger partial charge in [0.15, 0.2) is 17.4 Å². The predicted octanol–water partition coefficient (Wildman–Crippen LogP) is 3.88. The van der Waals surface area contributed by atoms with E-state index in [4.69, 9.17) is 0 Å². The Labute approximate surface area is 120 Å². The summed E-state index contributed by atoms with van der Waals surface area (Å²) in [6.07, 6.45) is 1.57. The van der Waals surface area contributed by atoms with Crippen molar-refractivity contribution in [2.45, 2.75) is 6.42 Å². The Hall–Kier alpha value is -2.49. The first-order valence-electron chi connectivity index (χ1n) is 6.58. The summed E-state index contributed by atoms with van der Waals surface area (Å²) in [6.45, 7) is 0. The maximum absolute atomic E-state index is 13.7. The Morgan fingerprint density at radius 1 is 1.10 bits per heavy atom. The number of para-hydroxylation sites is 1. The molecule has 0 radical (unpaired) electrons. The van der Waals surface area contributed by atoms with Crippen LogP contribution < -0.4 is 0 Å². The summed E-state index contributed by atoms with van der Waals surface area (Å²) in [4.78, 5) is 12.4. The van der Waals surface area contributed by atoms with Gasteiger partial charge in [-0.15, -0.1) is 0 Å². The minimum atomic E-state index is -0.953. The molecule has 0 saturated heterocycles. The number of fused-ring (bicyclic) bond motifs is 1. The van der Waals surface area contributed by atoms with Crippen molar-refractivity contribution >= 4 is 16.7 Å². The molecule has 0 atom stereocenters. The zero-order chi connectivity index (χ0) is 15.0. The standard InChI is InChI=1S/C17H13F2NO/c1-20-10-13(12-6-2-3-8-15(12)20)16(21)9-11-5-4-7-14(18)17(11)19/h2-8,10H,9H2,1H3. The lowest BCUT2D eigenvalue weighted by molar-refractivity contribution is 0.0993. The van der Waals surface area contributed by atoms with Crippen molar-refractivity contribution in [3.05, 3.63) is 71.4 Å². The van der Waals surface area contributed by atoms with Gasteiger partial charge in [0.25, 0.3) is 0 Å². The highest BCUT2D eigenvalue weighted by atomic mass is 19.2. The lowest BCUT2D eigenvalue weighted by Gasteiger charge is -2.03. The van der Waals surface area contributed by atoms with E-state index in [-0.39, 0.29) is 17.8 Å². The highest BCUT2D eigenvalue weighted by molar-refractivity contribution is 6.08. The number of hydrogen-bond acceptors (Lipinski definition) is 1. The van der Waals surface area contributed by atoms with Crippen LogP contribution in [0, 0.1) is 11.6 Å². The largest absolute Gasteiger partial charge is 0.350 e. The molecule has 4 heteroatoms. The van der Waals surface area contributed by atoms with Gasteiger partial charge in [-0.25, -0.2) is 8.78 Å². The highest BCUT2D eigenvalue weighted by Crippen LogP contribution is 2.22. The van der Waals surface area contributed by atoms with E-state index in [1.54, 1.807) is 6.20 Å². The number of halogens is 2. The summed E-state index contributed by atoms with van der Waals surface area (Å²) in [5.41, 5.74) is 1.53. The molecule has 0 aliphatic carbocycles. The van der Waals surface area contributed by atoms with Crippen LogP contribution in [0.15, 0.2) is 48.7 Å². The Balaban J connectivity index is 2.00. The monoisotopic (exact) mass is 285 g/mol. The fraction of sp³-hybridized carbons (Fsp3) is 0.118. The molecule has 2 aromatic carbocycles. The number of rotatable bonds is 3. The first-order valence-corrected chi connectivity index (χ1v) is 6.58. The van der Waals surface area contributed by atoms with Gasteiger partial charge >= 0.3 is 0 Å². The third-order valence-corrected chi connectivity index (χ3v) is 3.58. The molecule has 2 nitrogen and oxygen atoms in total. The van der Waals surface area contributed by atoms with Gasteiger partial charge in [0.05, 0.1) is 0 Å². The molecule has 1 aromatic heterocycles. The number of hydrogen-bond donors (Lipinski definition) is 0. The molecule has 1 heterocycles. The average molecular weight is 285 g/mol. The molecular formula is C17H13F2NO. The molecule has 0 bridgehead atoms. The summed E-state index contributed by atoms with van der Waals surface area (Å²) in [5, 5.41) is 0.821. The third kappa shape index (κ3) is 2.33. The second-order valence-electron chi connectivity index (χ2n) is 4.98. The first kappa shape index (κ1) is 13.5. The quantitative estimate of drug-likeness (QED) is 0.669. The van der Waals surface area contributed by atoms with E-state index in [1.807, 2.05) is 35.9 Å². The van der Waals surface area contributed by atoms with Crippen LogP contribution in [-0.2, 0) is 13.5 Å². The van der Waals surface area contributed by atoms with E-state index >= 15 is 0 Å². The number of aromatic nitrogens is 1. The molecule has 0 fully saturated rings. The Kier molecular flexibility index (Phi) is 3.29. The van der Waals surface area contributed by atoms with E-state index in [0.717, 1.165) is 17.0 Å². The van der Waals surface area contributed by atoms with E-state index in [1.165, 1.54) is 12.1 Å². The maximum Gasteiger partial charge on any atom is 0.169 e. The van der Waals surface area contributed by atoms with Gasteiger partial charge in [-0.3, -0.25) is 4.79 Å².